The first kappa shape index (κ1) is 11.6. The topological polar surface area (TPSA) is 0 Å². The third-order valence-electron chi connectivity index (χ3n) is 1.39. The normalized spacial score (nSPS) is 14.4. The minimum Gasteiger partial charge on any atom is -0.0830 e. The standard InChI is InChI=1S/C8H13Cl3/c1-4-7(5-6(2)3)8(9,10)11/h5,7H,4H2,1-3H3. The van der Waals surface area contributed by atoms with Gasteiger partial charge in [0.05, 0.1) is 0 Å². The lowest BCUT2D eigenvalue weighted by Gasteiger charge is -2.19. The number of allylic oxidation sites excluding steroid dienone is 2. The molecule has 0 heterocycles. The molecule has 0 saturated heterocycles. The van der Waals surface area contributed by atoms with Gasteiger partial charge in [0.2, 0.25) is 0 Å². The predicted molar refractivity (Wildman–Crippen MR) is 53.5 cm³/mol. The Morgan fingerprint density at radius 1 is 1.36 bits per heavy atom. The fraction of sp³-hybridized carbons (Fsp3) is 0.750. The Kier molecular flexibility index (Phi) is 4.85. The van der Waals surface area contributed by atoms with E-state index in [-0.39, 0.29) is 5.92 Å². The van der Waals surface area contributed by atoms with Gasteiger partial charge in [0.1, 0.15) is 0 Å². The summed E-state index contributed by atoms with van der Waals surface area (Å²) in [7, 11) is 0. The lowest BCUT2D eigenvalue weighted by Crippen LogP contribution is -2.16. The van der Waals surface area contributed by atoms with E-state index in [9.17, 15) is 0 Å². The number of hydrogen-bond acceptors (Lipinski definition) is 0. The van der Waals surface area contributed by atoms with Crippen LogP contribution in [0.25, 0.3) is 0 Å². The van der Waals surface area contributed by atoms with Gasteiger partial charge in [0, 0.05) is 5.92 Å². The van der Waals surface area contributed by atoms with Crippen LogP contribution in [0, 0.1) is 5.92 Å². The number of hydrogen-bond donors (Lipinski definition) is 0. The fourth-order valence-corrected chi connectivity index (χ4v) is 1.50. The van der Waals surface area contributed by atoms with E-state index in [4.69, 9.17) is 34.8 Å². The highest BCUT2D eigenvalue weighted by Gasteiger charge is 2.28. The zero-order valence-electron chi connectivity index (χ0n) is 7.00. The number of halogens is 3. The first-order valence-corrected chi connectivity index (χ1v) is 4.73. The number of alkyl halides is 3. The summed E-state index contributed by atoms with van der Waals surface area (Å²) in [6.45, 7) is 6.00. The van der Waals surface area contributed by atoms with Crippen LogP contribution in [0.2, 0.25) is 0 Å². The molecular formula is C8H13Cl3. The molecule has 0 nitrogen and oxygen atoms in total. The molecule has 0 aliphatic heterocycles. The van der Waals surface area contributed by atoms with Gasteiger partial charge < -0.3 is 0 Å². The Balaban J connectivity index is 4.31. The lowest BCUT2D eigenvalue weighted by atomic mass is 10.1. The van der Waals surface area contributed by atoms with Gasteiger partial charge >= 0.3 is 0 Å². The Morgan fingerprint density at radius 2 is 1.82 bits per heavy atom. The van der Waals surface area contributed by atoms with Crippen molar-refractivity contribution in [1.82, 2.24) is 0 Å². The van der Waals surface area contributed by atoms with Crippen molar-refractivity contribution in [2.24, 2.45) is 5.92 Å². The van der Waals surface area contributed by atoms with Crippen molar-refractivity contribution in [3.05, 3.63) is 11.6 Å². The number of rotatable bonds is 2. The molecule has 11 heavy (non-hydrogen) atoms. The highest BCUT2D eigenvalue weighted by molar-refractivity contribution is 6.67. The van der Waals surface area contributed by atoms with E-state index in [0.717, 1.165) is 6.42 Å². The van der Waals surface area contributed by atoms with Crippen LogP contribution in [-0.2, 0) is 0 Å². The zero-order valence-corrected chi connectivity index (χ0v) is 9.26. The van der Waals surface area contributed by atoms with E-state index < -0.39 is 3.79 Å². The highest BCUT2D eigenvalue weighted by atomic mass is 35.6. The van der Waals surface area contributed by atoms with E-state index in [2.05, 4.69) is 0 Å². The maximum Gasteiger partial charge on any atom is 0.196 e. The third kappa shape index (κ3) is 4.95. The molecule has 1 atom stereocenters. The van der Waals surface area contributed by atoms with Gasteiger partial charge in [-0.25, -0.2) is 0 Å². The first-order chi connectivity index (χ1) is 4.88. The average Bonchev–Trinajstić information content (AvgIpc) is 1.79. The monoisotopic (exact) mass is 214 g/mol. The molecule has 0 N–H and O–H groups in total. The van der Waals surface area contributed by atoms with E-state index in [1.54, 1.807) is 0 Å². The molecule has 0 amide bonds. The van der Waals surface area contributed by atoms with Gasteiger partial charge in [0.15, 0.2) is 3.79 Å². The Hall–Kier alpha value is 0.610. The summed E-state index contributed by atoms with van der Waals surface area (Å²) in [4.78, 5) is 0. The molecule has 0 aromatic rings. The van der Waals surface area contributed by atoms with Crippen molar-refractivity contribution in [3.63, 3.8) is 0 Å². The van der Waals surface area contributed by atoms with Crippen molar-refractivity contribution < 1.29 is 0 Å². The van der Waals surface area contributed by atoms with Crippen LogP contribution in [0.15, 0.2) is 11.6 Å². The molecule has 1 unspecified atom stereocenters. The van der Waals surface area contributed by atoms with E-state index >= 15 is 0 Å². The summed E-state index contributed by atoms with van der Waals surface area (Å²) in [5.41, 5.74) is 1.18. The molecule has 0 aliphatic carbocycles. The van der Waals surface area contributed by atoms with Gasteiger partial charge in [0.25, 0.3) is 0 Å². The second-order valence-corrected chi connectivity index (χ2v) is 5.17. The summed E-state index contributed by atoms with van der Waals surface area (Å²) in [5, 5.41) is 0. The van der Waals surface area contributed by atoms with Crippen molar-refractivity contribution >= 4 is 34.8 Å². The van der Waals surface area contributed by atoms with Gasteiger partial charge in [-0.05, 0) is 20.3 Å². The summed E-state index contributed by atoms with van der Waals surface area (Å²) in [5.74, 6) is 0.0255. The Morgan fingerprint density at radius 3 is 1.91 bits per heavy atom. The quantitative estimate of drug-likeness (QED) is 0.475. The Bertz CT molecular complexity index is 140. The van der Waals surface area contributed by atoms with Crippen LogP contribution in [-0.4, -0.2) is 3.79 Å². The molecular weight excluding hydrogens is 202 g/mol. The molecule has 0 fully saturated rings. The van der Waals surface area contributed by atoms with Gasteiger partial charge in [-0.3, -0.25) is 0 Å². The fourth-order valence-electron chi connectivity index (χ4n) is 0.846. The van der Waals surface area contributed by atoms with Crippen molar-refractivity contribution in [1.29, 1.82) is 0 Å². The third-order valence-corrected chi connectivity index (χ3v) is 2.24. The van der Waals surface area contributed by atoms with Crippen LogP contribution >= 0.6 is 34.8 Å². The van der Waals surface area contributed by atoms with Crippen LogP contribution < -0.4 is 0 Å². The summed E-state index contributed by atoms with van der Waals surface area (Å²) < 4.78 is -1.16. The van der Waals surface area contributed by atoms with Crippen LogP contribution in [0.5, 0.6) is 0 Å². The highest BCUT2D eigenvalue weighted by Crippen LogP contribution is 2.38. The van der Waals surface area contributed by atoms with E-state index in [0.29, 0.717) is 0 Å². The van der Waals surface area contributed by atoms with Crippen molar-refractivity contribution in [2.75, 3.05) is 0 Å². The molecule has 0 aliphatic rings. The van der Waals surface area contributed by atoms with Crippen molar-refractivity contribution in [3.8, 4) is 0 Å². The molecule has 0 aromatic carbocycles. The van der Waals surface area contributed by atoms with Crippen molar-refractivity contribution in [2.45, 2.75) is 31.0 Å². The maximum absolute atomic E-state index is 5.73. The lowest BCUT2D eigenvalue weighted by molar-refractivity contribution is 0.638. The maximum atomic E-state index is 5.73. The second kappa shape index (κ2) is 4.59. The van der Waals surface area contributed by atoms with Crippen LogP contribution in [0.4, 0.5) is 0 Å². The molecule has 66 valence electrons. The smallest absolute Gasteiger partial charge is 0.0830 e. The zero-order chi connectivity index (χ0) is 9.07. The molecule has 0 radical (unpaired) electrons. The minimum absolute atomic E-state index is 0.0255. The summed E-state index contributed by atoms with van der Waals surface area (Å²) in [6.07, 6.45) is 2.84. The summed E-state index contributed by atoms with van der Waals surface area (Å²) in [6, 6.07) is 0. The first-order valence-electron chi connectivity index (χ1n) is 3.59. The average molecular weight is 216 g/mol. The minimum atomic E-state index is -1.16. The molecule has 0 spiro atoms. The molecule has 3 heteroatoms. The van der Waals surface area contributed by atoms with Gasteiger partial charge in [-0.1, -0.05) is 53.4 Å². The SMILES string of the molecule is CCC(C=C(C)C)C(Cl)(Cl)Cl. The van der Waals surface area contributed by atoms with E-state index in [1.807, 2.05) is 26.8 Å². The van der Waals surface area contributed by atoms with E-state index in [1.165, 1.54) is 5.57 Å². The second-order valence-electron chi connectivity index (χ2n) is 2.80. The summed E-state index contributed by atoms with van der Waals surface area (Å²) >= 11 is 17.2. The molecule has 0 saturated carbocycles. The van der Waals surface area contributed by atoms with Gasteiger partial charge in [-0.15, -0.1) is 0 Å². The van der Waals surface area contributed by atoms with Gasteiger partial charge in [-0.2, -0.15) is 0 Å². The Labute approximate surface area is 83.5 Å². The molecule has 0 bridgehead atoms. The predicted octanol–water partition coefficient (Wildman–Crippen LogP) is 4.35. The van der Waals surface area contributed by atoms with Crippen LogP contribution in [0.3, 0.4) is 0 Å². The largest absolute Gasteiger partial charge is 0.196 e. The molecule has 0 rings (SSSR count). The molecule has 0 aromatic heterocycles. The van der Waals surface area contributed by atoms with Crippen LogP contribution in [0.1, 0.15) is 27.2 Å².